The van der Waals surface area contributed by atoms with Gasteiger partial charge in [0.15, 0.2) is 6.10 Å². The Morgan fingerprint density at radius 2 is 0.643 bits per heavy atom. The van der Waals surface area contributed by atoms with Crippen molar-refractivity contribution in [1.29, 1.82) is 0 Å². The molecule has 0 rings (SSSR count). The minimum atomic E-state index is -4.39. The van der Waals surface area contributed by atoms with E-state index in [0.29, 0.717) is 23.9 Å². The monoisotopic (exact) mass is 1200 g/mol. The molecular weight excluding hydrogens is 1060 g/mol. The number of allylic oxidation sites excluding steroid dienone is 8. The van der Waals surface area contributed by atoms with Gasteiger partial charge in [0.2, 0.25) is 0 Å². The van der Waals surface area contributed by atoms with Gasteiger partial charge in [-0.25, -0.2) is 4.57 Å². The Hall–Kier alpha value is -2.03. The molecule has 494 valence electrons. The number of ether oxygens (including phenoxy) is 2. The second kappa shape index (κ2) is 65.4. The van der Waals surface area contributed by atoms with E-state index >= 15 is 0 Å². The zero-order chi connectivity index (χ0) is 61.2. The summed E-state index contributed by atoms with van der Waals surface area (Å²) in [6.45, 7) is 4.47. The predicted molar refractivity (Wildman–Crippen MR) is 363 cm³/mol. The number of likely N-dealkylation sites (N-methyl/N-ethyl adjacent to an activating group) is 1. The van der Waals surface area contributed by atoms with Gasteiger partial charge in [0.1, 0.15) is 19.8 Å². The van der Waals surface area contributed by atoms with Crippen LogP contribution in [0.25, 0.3) is 0 Å². The van der Waals surface area contributed by atoms with Gasteiger partial charge in [-0.05, 0) is 77.0 Å². The van der Waals surface area contributed by atoms with E-state index in [0.717, 1.165) is 44.9 Å². The highest BCUT2D eigenvalue weighted by Gasteiger charge is 2.27. The molecule has 0 radical (unpaired) electrons. The van der Waals surface area contributed by atoms with Gasteiger partial charge < -0.3 is 18.9 Å². The first-order valence-electron chi connectivity index (χ1n) is 36.4. The quantitative estimate of drug-likeness (QED) is 0.0211. The van der Waals surface area contributed by atoms with Gasteiger partial charge in [-0.3, -0.25) is 18.6 Å². The molecule has 0 aromatic heterocycles. The molecule has 2 atom stereocenters. The SMILES string of the molecule is CCCCCCC/C=C\C/C=C\C/C=C\CCCCCCCCCCCCCCCCCCCCCCCCCCCCC(=O)OC(COC(=O)CCCCCCCCCCC/C=C\CCCCCCCC)COP(=O)(O)OCC[N+](C)(C)C. The largest absolute Gasteiger partial charge is 0.472 e. The maximum absolute atomic E-state index is 12.9. The van der Waals surface area contributed by atoms with Crippen LogP contribution >= 0.6 is 7.82 Å². The van der Waals surface area contributed by atoms with Gasteiger partial charge in [0.25, 0.3) is 0 Å². The number of unbranched alkanes of at least 4 members (excludes halogenated alkanes) is 46. The molecule has 0 heterocycles. The summed E-state index contributed by atoms with van der Waals surface area (Å²) in [6.07, 6.45) is 85.3. The highest BCUT2D eigenvalue weighted by molar-refractivity contribution is 7.47. The van der Waals surface area contributed by atoms with Crippen molar-refractivity contribution in [1.82, 2.24) is 0 Å². The van der Waals surface area contributed by atoms with E-state index in [1.165, 1.54) is 283 Å². The summed E-state index contributed by atoms with van der Waals surface area (Å²) in [5.74, 6) is -0.781. The van der Waals surface area contributed by atoms with Crippen LogP contribution in [0.5, 0.6) is 0 Å². The van der Waals surface area contributed by atoms with E-state index in [2.05, 4.69) is 62.5 Å². The summed E-state index contributed by atoms with van der Waals surface area (Å²) in [7, 11) is 1.49. The van der Waals surface area contributed by atoms with E-state index in [9.17, 15) is 19.0 Å². The summed E-state index contributed by atoms with van der Waals surface area (Å²) in [6, 6.07) is 0. The molecule has 0 saturated heterocycles. The lowest BCUT2D eigenvalue weighted by Crippen LogP contribution is -2.37. The van der Waals surface area contributed by atoms with Crippen molar-refractivity contribution in [3.63, 3.8) is 0 Å². The van der Waals surface area contributed by atoms with Crippen LogP contribution in [0.2, 0.25) is 0 Å². The molecule has 84 heavy (non-hydrogen) atoms. The van der Waals surface area contributed by atoms with E-state index in [4.69, 9.17) is 18.5 Å². The third-order valence-electron chi connectivity index (χ3n) is 16.3. The van der Waals surface area contributed by atoms with Crippen molar-refractivity contribution in [2.24, 2.45) is 0 Å². The number of esters is 2. The third-order valence-corrected chi connectivity index (χ3v) is 17.3. The topological polar surface area (TPSA) is 108 Å². The fourth-order valence-electron chi connectivity index (χ4n) is 10.7. The highest BCUT2D eigenvalue weighted by atomic mass is 31.2. The summed E-state index contributed by atoms with van der Waals surface area (Å²) in [4.78, 5) is 35.8. The highest BCUT2D eigenvalue weighted by Crippen LogP contribution is 2.43. The Balaban J connectivity index is 3.89. The van der Waals surface area contributed by atoms with Crippen LogP contribution in [-0.4, -0.2) is 74.9 Å². The minimum absolute atomic E-state index is 0.0336. The second-order valence-corrected chi connectivity index (χ2v) is 27.4. The minimum Gasteiger partial charge on any atom is -0.462 e. The van der Waals surface area contributed by atoms with Crippen LogP contribution in [0, 0.1) is 0 Å². The lowest BCUT2D eigenvalue weighted by Gasteiger charge is -2.24. The standard InChI is InChI=1S/C74H140NO8P/c1-6-8-10-12-14-16-18-20-22-24-26-27-28-29-30-31-32-33-34-35-36-37-38-39-40-41-42-43-44-45-46-47-49-51-53-55-57-59-61-63-65-67-74(77)83-72(71-82-84(78,79)81-69-68-75(3,4)5)70-80-73(76)66-64-62-60-58-56-54-52-50-48-25-23-21-19-17-15-13-11-9-7-2/h18,20-21,23-24,26,28-29,72H,6-17,19,22,25,27,30-71H2,1-5H3/p+1/b20-18-,23-21-,26-24-,29-28-. The Morgan fingerprint density at radius 1 is 0.369 bits per heavy atom. The summed E-state index contributed by atoms with van der Waals surface area (Å²) in [5, 5.41) is 0. The molecular formula is C74H141NO8P+. The number of rotatable bonds is 68. The number of phosphoric acid groups is 1. The molecule has 0 fully saturated rings. The first-order chi connectivity index (χ1) is 41.0. The number of quaternary nitrogens is 1. The Morgan fingerprint density at radius 3 is 0.964 bits per heavy atom. The van der Waals surface area contributed by atoms with E-state index in [1.807, 2.05) is 21.1 Å². The zero-order valence-corrected chi connectivity index (χ0v) is 57.3. The van der Waals surface area contributed by atoms with Crippen molar-refractivity contribution in [3.05, 3.63) is 48.6 Å². The summed E-state index contributed by atoms with van der Waals surface area (Å²) < 4.78 is 34.7. The number of carbonyl (C=O) groups excluding carboxylic acids is 2. The molecule has 0 saturated carbocycles. The lowest BCUT2D eigenvalue weighted by molar-refractivity contribution is -0.870. The van der Waals surface area contributed by atoms with Crippen molar-refractivity contribution >= 4 is 19.8 Å². The molecule has 2 unspecified atom stereocenters. The van der Waals surface area contributed by atoms with Crippen LogP contribution in [0.15, 0.2) is 48.6 Å². The number of carbonyl (C=O) groups is 2. The molecule has 9 nitrogen and oxygen atoms in total. The van der Waals surface area contributed by atoms with Crippen LogP contribution in [-0.2, 0) is 32.7 Å². The zero-order valence-electron chi connectivity index (χ0n) is 56.4. The molecule has 0 aromatic rings. The average Bonchev–Trinajstić information content (AvgIpc) is 3.61. The number of phosphoric ester groups is 1. The number of hydrogen-bond donors (Lipinski definition) is 1. The maximum Gasteiger partial charge on any atom is 0.472 e. The van der Waals surface area contributed by atoms with Crippen molar-refractivity contribution in [3.8, 4) is 0 Å². The van der Waals surface area contributed by atoms with E-state index in [-0.39, 0.29) is 25.6 Å². The van der Waals surface area contributed by atoms with Crippen LogP contribution < -0.4 is 0 Å². The number of hydrogen-bond acceptors (Lipinski definition) is 7. The van der Waals surface area contributed by atoms with Gasteiger partial charge in [0, 0.05) is 12.8 Å². The average molecular weight is 1200 g/mol. The molecule has 10 heteroatoms. The van der Waals surface area contributed by atoms with Crippen molar-refractivity contribution < 1.29 is 42.1 Å². The molecule has 0 aliphatic rings. The van der Waals surface area contributed by atoms with Gasteiger partial charge in [-0.2, -0.15) is 0 Å². The van der Waals surface area contributed by atoms with Gasteiger partial charge >= 0.3 is 19.8 Å². The van der Waals surface area contributed by atoms with Crippen LogP contribution in [0.4, 0.5) is 0 Å². The lowest BCUT2D eigenvalue weighted by atomic mass is 10.0. The Labute approximate surface area is 522 Å². The molecule has 1 N–H and O–H groups in total. The van der Waals surface area contributed by atoms with E-state index in [1.54, 1.807) is 0 Å². The van der Waals surface area contributed by atoms with Crippen LogP contribution in [0.1, 0.15) is 361 Å². The van der Waals surface area contributed by atoms with Gasteiger partial charge in [0.05, 0.1) is 27.7 Å². The smallest absolute Gasteiger partial charge is 0.462 e. The van der Waals surface area contributed by atoms with Crippen molar-refractivity contribution in [2.75, 3.05) is 47.5 Å². The molecule has 0 bridgehead atoms. The Bertz CT molecular complexity index is 1560. The third kappa shape index (κ3) is 69.1. The van der Waals surface area contributed by atoms with Crippen LogP contribution in [0.3, 0.4) is 0 Å². The molecule has 0 aliphatic carbocycles. The second-order valence-electron chi connectivity index (χ2n) is 26.0. The first kappa shape index (κ1) is 82.0. The fourth-order valence-corrected chi connectivity index (χ4v) is 11.5. The summed E-state index contributed by atoms with van der Waals surface area (Å²) in [5.41, 5.74) is 0. The molecule has 0 aliphatic heterocycles. The normalized spacial score (nSPS) is 13.4. The molecule has 0 amide bonds. The fraction of sp³-hybridized carbons (Fsp3) is 0.865. The maximum atomic E-state index is 12.9. The van der Waals surface area contributed by atoms with Gasteiger partial charge in [-0.15, -0.1) is 0 Å². The van der Waals surface area contributed by atoms with Crippen molar-refractivity contribution in [2.45, 2.75) is 367 Å². The molecule has 0 aromatic carbocycles. The summed E-state index contributed by atoms with van der Waals surface area (Å²) >= 11 is 0. The first-order valence-corrected chi connectivity index (χ1v) is 37.9. The molecule has 0 spiro atoms. The van der Waals surface area contributed by atoms with E-state index < -0.39 is 26.5 Å². The number of nitrogens with zero attached hydrogens (tertiary/aromatic N) is 1. The Kier molecular flexibility index (Phi) is 63.8. The van der Waals surface area contributed by atoms with Gasteiger partial charge in [-0.1, -0.05) is 319 Å². The predicted octanol–water partition coefficient (Wildman–Crippen LogP) is 23.6.